The highest BCUT2D eigenvalue weighted by molar-refractivity contribution is 7.92. The van der Waals surface area contributed by atoms with E-state index in [0.717, 1.165) is 26.9 Å². The molecule has 0 radical (unpaired) electrons. The molecule has 0 saturated carbocycles. The first-order valence-electron chi connectivity index (χ1n) is 10.2. The van der Waals surface area contributed by atoms with E-state index in [4.69, 9.17) is 4.74 Å². The maximum atomic E-state index is 13.4. The number of fused-ring (bicyclic) bond motifs is 1. The van der Waals surface area contributed by atoms with Crippen LogP contribution in [0.3, 0.4) is 0 Å². The first kappa shape index (κ1) is 22.9. The van der Waals surface area contributed by atoms with Crippen molar-refractivity contribution in [1.29, 1.82) is 0 Å². The van der Waals surface area contributed by atoms with Gasteiger partial charge in [-0.1, -0.05) is 23.5 Å². The summed E-state index contributed by atoms with van der Waals surface area (Å²) in [6.07, 6.45) is 3.30. The highest BCUT2D eigenvalue weighted by Crippen LogP contribution is 2.33. The normalized spacial score (nSPS) is 11.5. The molecule has 0 aliphatic heterocycles. The van der Waals surface area contributed by atoms with Crippen LogP contribution in [0.4, 0.5) is 5.13 Å². The predicted octanol–water partition coefficient (Wildman–Crippen LogP) is 4.32. The van der Waals surface area contributed by atoms with Crippen molar-refractivity contribution in [2.45, 2.75) is 25.3 Å². The lowest BCUT2D eigenvalue weighted by Gasteiger charge is -2.20. The van der Waals surface area contributed by atoms with E-state index >= 15 is 0 Å². The van der Waals surface area contributed by atoms with Crippen molar-refractivity contribution in [1.82, 2.24) is 9.97 Å². The summed E-state index contributed by atoms with van der Waals surface area (Å²) in [4.78, 5) is 23.6. The number of thiazole rings is 1. The van der Waals surface area contributed by atoms with E-state index < -0.39 is 21.5 Å². The lowest BCUT2D eigenvalue weighted by molar-refractivity contribution is -0.116. The molecule has 0 N–H and O–H groups in total. The van der Waals surface area contributed by atoms with Gasteiger partial charge in [0.1, 0.15) is 11.5 Å². The number of aryl methyl sites for hydroxylation is 2. The maximum Gasteiger partial charge on any atom is 0.244 e. The molecule has 1 amide bonds. The van der Waals surface area contributed by atoms with Gasteiger partial charge in [-0.15, -0.1) is 0 Å². The van der Waals surface area contributed by atoms with Crippen molar-refractivity contribution in [3.05, 3.63) is 77.6 Å². The molecule has 0 spiro atoms. The molecule has 170 valence electrons. The Morgan fingerprint density at radius 3 is 2.55 bits per heavy atom. The van der Waals surface area contributed by atoms with Crippen LogP contribution < -0.4 is 9.64 Å². The SMILES string of the molecule is COc1ccc(S(=O)(=O)CC(=O)N(Cc2cccnc2)c2nc3cc(C)cc(C)c3s2)cc1. The van der Waals surface area contributed by atoms with Crippen molar-refractivity contribution < 1.29 is 17.9 Å². The molecule has 33 heavy (non-hydrogen) atoms. The minimum atomic E-state index is -3.86. The molecule has 0 unspecified atom stereocenters. The molecule has 0 aliphatic rings. The fourth-order valence-electron chi connectivity index (χ4n) is 3.52. The first-order valence-corrected chi connectivity index (χ1v) is 12.7. The van der Waals surface area contributed by atoms with Crippen LogP contribution in [-0.4, -0.2) is 37.2 Å². The van der Waals surface area contributed by atoms with Crippen molar-refractivity contribution >= 4 is 42.4 Å². The van der Waals surface area contributed by atoms with Gasteiger partial charge in [0.25, 0.3) is 0 Å². The number of carbonyl (C=O) groups excluding carboxylic acids is 1. The Balaban J connectivity index is 1.70. The number of methoxy groups -OCH3 is 1. The number of hydrogen-bond donors (Lipinski definition) is 0. The van der Waals surface area contributed by atoms with Gasteiger partial charge in [-0.25, -0.2) is 13.4 Å². The largest absolute Gasteiger partial charge is 0.497 e. The quantitative estimate of drug-likeness (QED) is 0.390. The van der Waals surface area contributed by atoms with Crippen molar-refractivity contribution in [2.24, 2.45) is 0 Å². The second-order valence-electron chi connectivity index (χ2n) is 7.70. The van der Waals surface area contributed by atoms with E-state index in [0.29, 0.717) is 10.9 Å². The third-order valence-corrected chi connectivity index (χ3v) is 7.98. The highest BCUT2D eigenvalue weighted by atomic mass is 32.2. The molecule has 9 heteroatoms. The summed E-state index contributed by atoms with van der Waals surface area (Å²) in [6, 6.07) is 13.6. The van der Waals surface area contributed by atoms with Crippen molar-refractivity contribution in [3.63, 3.8) is 0 Å². The number of nitrogens with zero attached hydrogens (tertiary/aromatic N) is 3. The van der Waals surface area contributed by atoms with Gasteiger partial charge in [0.05, 0.1) is 28.8 Å². The zero-order chi connectivity index (χ0) is 23.6. The van der Waals surface area contributed by atoms with Crippen LogP contribution >= 0.6 is 11.3 Å². The molecule has 4 aromatic rings. The van der Waals surface area contributed by atoms with E-state index in [1.54, 1.807) is 30.6 Å². The zero-order valence-corrected chi connectivity index (χ0v) is 20.1. The number of benzene rings is 2. The number of ether oxygens (including phenoxy) is 1. The molecule has 0 fully saturated rings. The topological polar surface area (TPSA) is 89.5 Å². The summed E-state index contributed by atoms with van der Waals surface area (Å²) >= 11 is 1.38. The van der Waals surface area contributed by atoms with E-state index in [1.807, 2.05) is 26.0 Å². The first-order chi connectivity index (χ1) is 15.8. The average Bonchev–Trinajstić information content (AvgIpc) is 3.22. The number of aromatic nitrogens is 2. The number of amides is 1. The van der Waals surface area contributed by atoms with Gasteiger partial charge >= 0.3 is 0 Å². The minimum Gasteiger partial charge on any atom is -0.497 e. The Hall–Kier alpha value is -3.30. The lowest BCUT2D eigenvalue weighted by Crippen LogP contribution is -2.35. The van der Waals surface area contributed by atoms with Crippen LogP contribution in [0.15, 0.2) is 65.8 Å². The molecular weight excluding hydrogens is 458 g/mol. The highest BCUT2D eigenvalue weighted by Gasteiger charge is 2.27. The third-order valence-electron chi connectivity index (χ3n) is 5.14. The van der Waals surface area contributed by atoms with Crippen LogP contribution in [0.25, 0.3) is 10.2 Å². The Kier molecular flexibility index (Phi) is 6.44. The van der Waals surface area contributed by atoms with Crippen molar-refractivity contribution in [3.8, 4) is 5.75 Å². The fourth-order valence-corrected chi connectivity index (χ4v) is 5.75. The summed E-state index contributed by atoms with van der Waals surface area (Å²) in [5, 5.41) is 0.456. The number of hydrogen-bond acceptors (Lipinski definition) is 7. The Labute approximate surface area is 196 Å². The summed E-state index contributed by atoms with van der Waals surface area (Å²) in [6.45, 7) is 4.16. The number of anilines is 1. The monoisotopic (exact) mass is 481 g/mol. The number of pyridine rings is 1. The summed E-state index contributed by atoms with van der Waals surface area (Å²) in [5.41, 5.74) is 3.70. The predicted molar refractivity (Wildman–Crippen MR) is 130 cm³/mol. The molecule has 2 aromatic heterocycles. The van der Waals surface area contributed by atoms with Gasteiger partial charge < -0.3 is 4.74 Å². The summed E-state index contributed by atoms with van der Waals surface area (Å²) < 4.78 is 32.0. The number of carbonyl (C=O) groups is 1. The van der Waals surface area contributed by atoms with Gasteiger partial charge in [0.2, 0.25) is 5.91 Å². The molecule has 4 rings (SSSR count). The zero-order valence-electron chi connectivity index (χ0n) is 18.5. The van der Waals surface area contributed by atoms with Gasteiger partial charge in [-0.05, 0) is 66.9 Å². The second kappa shape index (κ2) is 9.29. The fraction of sp³-hybridized carbons (Fsp3) is 0.208. The van der Waals surface area contributed by atoms with Gasteiger partial charge in [-0.2, -0.15) is 0 Å². The molecule has 0 atom stereocenters. The van der Waals surface area contributed by atoms with Crippen LogP contribution in [0.2, 0.25) is 0 Å². The van der Waals surface area contributed by atoms with Crippen molar-refractivity contribution in [2.75, 3.05) is 17.8 Å². The summed E-state index contributed by atoms with van der Waals surface area (Å²) in [5.74, 6) is -0.685. The van der Waals surface area contributed by atoms with Crippen LogP contribution in [0.5, 0.6) is 5.75 Å². The van der Waals surface area contributed by atoms with E-state index in [-0.39, 0.29) is 11.4 Å². The molecule has 2 heterocycles. The molecule has 7 nitrogen and oxygen atoms in total. The van der Waals surface area contributed by atoms with Crippen LogP contribution in [0, 0.1) is 13.8 Å². The molecule has 0 aliphatic carbocycles. The lowest BCUT2D eigenvalue weighted by atomic mass is 10.1. The Bertz CT molecular complexity index is 1400. The molecular formula is C24H23N3O4S2. The van der Waals surface area contributed by atoms with E-state index in [9.17, 15) is 13.2 Å². The maximum absolute atomic E-state index is 13.4. The van der Waals surface area contributed by atoms with E-state index in [1.165, 1.54) is 35.5 Å². The third kappa shape index (κ3) is 5.04. The van der Waals surface area contributed by atoms with Crippen LogP contribution in [0.1, 0.15) is 16.7 Å². The molecule has 0 bridgehead atoms. The minimum absolute atomic E-state index is 0.0637. The van der Waals surface area contributed by atoms with E-state index in [2.05, 4.69) is 16.0 Å². The van der Waals surface area contributed by atoms with Gasteiger partial charge in [0.15, 0.2) is 15.0 Å². The van der Waals surface area contributed by atoms with Gasteiger partial charge in [-0.3, -0.25) is 14.7 Å². The Morgan fingerprint density at radius 1 is 1.12 bits per heavy atom. The van der Waals surface area contributed by atoms with Crippen LogP contribution in [-0.2, 0) is 21.2 Å². The smallest absolute Gasteiger partial charge is 0.244 e. The number of rotatable bonds is 7. The summed E-state index contributed by atoms with van der Waals surface area (Å²) in [7, 11) is -2.36. The molecule has 2 aromatic carbocycles. The Morgan fingerprint density at radius 2 is 1.88 bits per heavy atom. The van der Waals surface area contributed by atoms with Gasteiger partial charge in [0, 0.05) is 12.4 Å². The molecule has 0 saturated heterocycles. The average molecular weight is 482 g/mol. The standard InChI is InChI=1S/C24H23N3O4S2/c1-16-11-17(2)23-21(12-16)26-24(32-23)27(14-18-5-4-10-25-13-18)22(28)15-33(29,30)20-8-6-19(31-3)7-9-20/h4-13H,14-15H2,1-3H3. The number of sulfone groups is 1. The second-order valence-corrected chi connectivity index (χ2v) is 10.7.